The van der Waals surface area contributed by atoms with Gasteiger partial charge >= 0.3 is 0 Å². The standard InChI is InChI=1S/C20H25Cl2N5O/c1-14-19(20(23)27-13-26-14)24-10-5-3-4-6-11-28-15(2)25-12-16-17(21)8-7-9-18(16)22/h7-10,13,25H,2-6,11-12H2,1H3,(H2,23,26,27). The molecular formula is C20H25Cl2N5O. The van der Waals surface area contributed by atoms with E-state index in [1.165, 1.54) is 6.33 Å². The number of ether oxygens (including phenoxy) is 1. The molecule has 2 aromatic rings. The summed E-state index contributed by atoms with van der Waals surface area (Å²) in [5, 5.41) is 4.33. The largest absolute Gasteiger partial charge is 0.480 e. The molecule has 0 aliphatic heterocycles. The van der Waals surface area contributed by atoms with E-state index in [-0.39, 0.29) is 0 Å². The van der Waals surface area contributed by atoms with Crippen LogP contribution in [0.2, 0.25) is 10.0 Å². The Morgan fingerprint density at radius 1 is 1.25 bits per heavy atom. The van der Waals surface area contributed by atoms with Crippen molar-refractivity contribution in [3.05, 3.63) is 58.3 Å². The van der Waals surface area contributed by atoms with Gasteiger partial charge in [0.1, 0.15) is 12.0 Å². The Balaban J connectivity index is 1.58. The highest BCUT2D eigenvalue weighted by Gasteiger charge is 2.05. The number of nitrogens with one attached hydrogen (secondary N) is 1. The van der Waals surface area contributed by atoms with Crippen LogP contribution in [0.1, 0.15) is 36.9 Å². The SMILES string of the molecule is C=C(NCc1c(Cl)cccc1Cl)OCCCCCC=Nc1c(C)ncnc1N. The van der Waals surface area contributed by atoms with Gasteiger partial charge in [-0.25, -0.2) is 9.97 Å². The van der Waals surface area contributed by atoms with E-state index in [1.54, 1.807) is 12.1 Å². The minimum absolute atomic E-state index is 0.404. The Labute approximate surface area is 175 Å². The van der Waals surface area contributed by atoms with Gasteiger partial charge in [-0.05, 0) is 51.3 Å². The van der Waals surface area contributed by atoms with Gasteiger partial charge < -0.3 is 15.8 Å². The van der Waals surface area contributed by atoms with Crippen molar-refractivity contribution in [2.75, 3.05) is 12.3 Å². The highest BCUT2D eigenvalue weighted by molar-refractivity contribution is 6.35. The zero-order chi connectivity index (χ0) is 20.4. The summed E-state index contributed by atoms with van der Waals surface area (Å²) in [5.41, 5.74) is 8.05. The summed E-state index contributed by atoms with van der Waals surface area (Å²) in [7, 11) is 0. The maximum Gasteiger partial charge on any atom is 0.179 e. The fourth-order valence-electron chi connectivity index (χ4n) is 2.45. The average Bonchev–Trinajstić information content (AvgIpc) is 2.65. The first kappa shape index (κ1) is 22.0. The molecule has 0 unspecified atom stereocenters. The molecule has 1 heterocycles. The molecular weight excluding hydrogens is 397 g/mol. The normalized spacial score (nSPS) is 11.0. The zero-order valence-corrected chi connectivity index (χ0v) is 17.4. The summed E-state index contributed by atoms with van der Waals surface area (Å²) >= 11 is 12.3. The predicted molar refractivity (Wildman–Crippen MR) is 116 cm³/mol. The van der Waals surface area contributed by atoms with E-state index in [4.69, 9.17) is 33.7 Å². The van der Waals surface area contributed by atoms with E-state index >= 15 is 0 Å². The van der Waals surface area contributed by atoms with Gasteiger partial charge in [-0.1, -0.05) is 29.3 Å². The number of nitrogens with zero attached hydrogens (tertiary/aromatic N) is 3. The van der Waals surface area contributed by atoms with Crippen molar-refractivity contribution in [1.82, 2.24) is 15.3 Å². The lowest BCUT2D eigenvalue weighted by atomic mass is 10.2. The minimum Gasteiger partial charge on any atom is -0.480 e. The third-order valence-electron chi connectivity index (χ3n) is 4.03. The summed E-state index contributed by atoms with van der Waals surface area (Å²) in [5.74, 6) is 0.911. The van der Waals surface area contributed by atoms with Crippen LogP contribution >= 0.6 is 23.2 Å². The molecule has 0 radical (unpaired) electrons. The third kappa shape index (κ3) is 7.02. The van der Waals surface area contributed by atoms with E-state index < -0.39 is 0 Å². The number of nitrogens with two attached hydrogens (primary N) is 1. The van der Waals surface area contributed by atoms with Crippen LogP contribution in [0.3, 0.4) is 0 Å². The van der Waals surface area contributed by atoms with Gasteiger partial charge in [0, 0.05) is 28.4 Å². The number of rotatable bonds is 11. The van der Waals surface area contributed by atoms with Crippen molar-refractivity contribution < 1.29 is 4.74 Å². The molecule has 0 saturated heterocycles. The topological polar surface area (TPSA) is 85.4 Å². The van der Waals surface area contributed by atoms with Crippen molar-refractivity contribution in [2.24, 2.45) is 4.99 Å². The summed E-state index contributed by atoms with van der Waals surface area (Å²) in [6.07, 6.45) is 7.12. The highest BCUT2D eigenvalue weighted by Crippen LogP contribution is 2.24. The molecule has 3 N–H and O–H groups in total. The van der Waals surface area contributed by atoms with Crippen LogP contribution in [0.15, 0.2) is 42.0 Å². The van der Waals surface area contributed by atoms with E-state index in [0.717, 1.165) is 36.9 Å². The second-order valence-electron chi connectivity index (χ2n) is 6.18. The van der Waals surface area contributed by atoms with Gasteiger partial charge in [0.2, 0.25) is 0 Å². The minimum atomic E-state index is 0.404. The molecule has 8 heteroatoms. The van der Waals surface area contributed by atoms with Crippen molar-refractivity contribution in [2.45, 2.75) is 39.2 Å². The number of halogens is 2. The molecule has 1 aromatic carbocycles. The number of nitrogen functional groups attached to an aromatic ring is 1. The number of anilines is 1. The van der Waals surface area contributed by atoms with E-state index in [0.29, 0.717) is 40.6 Å². The molecule has 150 valence electrons. The first-order valence-electron chi connectivity index (χ1n) is 9.07. The van der Waals surface area contributed by atoms with Crippen molar-refractivity contribution in [3.8, 4) is 0 Å². The molecule has 0 atom stereocenters. The Bertz CT molecular complexity index is 786. The molecule has 28 heavy (non-hydrogen) atoms. The average molecular weight is 422 g/mol. The van der Waals surface area contributed by atoms with Crippen LogP contribution in [-0.4, -0.2) is 22.8 Å². The van der Waals surface area contributed by atoms with Crippen LogP contribution in [0.5, 0.6) is 0 Å². The quantitative estimate of drug-likeness (QED) is 0.295. The highest BCUT2D eigenvalue weighted by atomic mass is 35.5. The Hall–Kier alpha value is -2.31. The maximum absolute atomic E-state index is 6.14. The predicted octanol–water partition coefficient (Wildman–Crippen LogP) is 5.21. The second kappa shape index (κ2) is 11.5. The number of hydrogen-bond donors (Lipinski definition) is 2. The van der Waals surface area contributed by atoms with E-state index in [9.17, 15) is 0 Å². The monoisotopic (exact) mass is 421 g/mol. The first-order valence-corrected chi connectivity index (χ1v) is 9.82. The molecule has 0 amide bonds. The lowest BCUT2D eigenvalue weighted by Gasteiger charge is -2.13. The molecule has 0 spiro atoms. The Morgan fingerprint density at radius 3 is 2.71 bits per heavy atom. The number of benzene rings is 1. The number of aryl methyl sites for hydroxylation is 1. The molecule has 0 saturated carbocycles. The number of aromatic nitrogens is 2. The van der Waals surface area contributed by atoms with Crippen molar-refractivity contribution in [1.29, 1.82) is 0 Å². The molecule has 6 nitrogen and oxygen atoms in total. The van der Waals surface area contributed by atoms with Gasteiger partial charge in [0.05, 0.1) is 12.3 Å². The summed E-state index contributed by atoms with van der Waals surface area (Å²) in [4.78, 5) is 12.4. The summed E-state index contributed by atoms with van der Waals surface area (Å²) < 4.78 is 5.59. The van der Waals surface area contributed by atoms with Crippen LogP contribution in [0, 0.1) is 6.92 Å². The summed E-state index contributed by atoms with van der Waals surface area (Å²) in [6, 6.07) is 5.42. The van der Waals surface area contributed by atoms with E-state index in [1.807, 2.05) is 19.2 Å². The fraction of sp³-hybridized carbons (Fsp3) is 0.350. The number of unbranched alkanes of at least 4 members (excludes halogenated alkanes) is 3. The Morgan fingerprint density at radius 2 is 2.00 bits per heavy atom. The van der Waals surface area contributed by atoms with Gasteiger partial charge in [0.15, 0.2) is 11.7 Å². The van der Waals surface area contributed by atoms with Crippen LogP contribution in [0.25, 0.3) is 0 Å². The fourth-order valence-corrected chi connectivity index (χ4v) is 2.98. The van der Waals surface area contributed by atoms with Gasteiger partial charge in [-0.3, -0.25) is 4.99 Å². The zero-order valence-electron chi connectivity index (χ0n) is 15.9. The van der Waals surface area contributed by atoms with E-state index in [2.05, 4.69) is 26.9 Å². The number of hydrogen-bond acceptors (Lipinski definition) is 6. The molecule has 0 aliphatic carbocycles. The molecule has 2 rings (SSSR count). The Kier molecular flexibility index (Phi) is 9.04. The van der Waals surface area contributed by atoms with Gasteiger partial charge in [-0.15, -0.1) is 0 Å². The molecule has 1 aromatic heterocycles. The van der Waals surface area contributed by atoms with Crippen molar-refractivity contribution >= 4 is 40.9 Å². The smallest absolute Gasteiger partial charge is 0.179 e. The van der Waals surface area contributed by atoms with Crippen LogP contribution in [0.4, 0.5) is 11.5 Å². The van der Waals surface area contributed by atoms with Crippen LogP contribution in [-0.2, 0) is 11.3 Å². The summed E-state index contributed by atoms with van der Waals surface area (Å²) in [6.45, 7) is 6.79. The van der Waals surface area contributed by atoms with Gasteiger partial charge in [-0.2, -0.15) is 0 Å². The first-order chi connectivity index (χ1) is 13.5. The van der Waals surface area contributed by atoms with Crippen molar-refractivity contribution in [3.63, 3.8) is 0 Å². The molecule has 0 fully saturated rings. The lowest BCUT2D eigenvalue weighted by molar-refractivity contribution is 0.186. The maximum atomic E-state index is 6.14. The molecule has 0 aliphatic rings. The van der Waals surface area contributed by atoms with Crippen LogP contribution < -0.4 is 11.1 Å². The number of aliphatic imine (C=N–C) groups is 1. The second-order valence-corrected chi connectivity index (χ2v) is 6.99. The third-order valence-corrected chi connectivity index (χ3v) is 4.74. The van der Waals surface area contributed by atoms with Gasteiger partial charge in [0.25, 0.3) is 0 Å². The lowest BCUT2D eigenvalue weighted by Crippen LogP contribution is -2.15. The molecule has 0 bridgehead atoms.